The fourth-order valence-corrected chi connectivity index (χ4v) is 8.19. The molecule has 0 aliphatic heterocycles. The first-order chi connectivity index (χ1) is 22.2. The first-order valence-electron chi connectivity index (χ1n) is 16.6. The van der Waals surface area contributed by atoms with E-state index in [9.17, 15) is 19.2 Å². The van der Waals surface area contributed by atoms with Crippen molar-refractivity contribution in [3.8, 4) is 0 Å². The number of nitrogens with zero attached hydrogens (tertiary/aromatic N) is 9. The monoisotopic (exact) mass is 694 g/mol. The zero-order valence-corrected chi connectivity index (χ0v) is 33.6. The van der Waals surface area contributed by atoms with E-state index in [2.05, 4.69) is 10.3 Å². The van der Waals surface area contributed by atoms with E-state index >= 15 is 0 Å². The molecule has 0 saturated heterocycles. The lowest BCUT2D eigenvalue weighted by atomic mass is 9.34. The van der Waals surface area contributed by atoms with Crippen LogP contribution in [0.1, 0.15) is 38.5 Å². The van der Waals surface area contributed by atoms with Crippen molar-refractivity contribution < 1.29 is 19.2 Å². The minimum absolute atomic E-state index is 0.0793. The molecule has 0 radical (unpaired) electrons. The lowest BCUT2D eigenvalue weighted by molar-refractivity contribution is -0.218. The van der Waals surface area contributed by atoms with Crippen molar-refractivity contribution in [2.75, 3.05) is 120 Å². The topological polar surface area (TPSA) is 142 Å². The summed E-state index contributed by atoms with van der Waals surface area (Å²) in [6.45, 7) is 0. The fourth-order valence-electron chi connectivity index (χ4n) is 8.19. The van der Waals surface area contributed by atoms with Gasteiger partial charge in [-0.3, -0.25) is 29.5 Å². The van der Waals surface area contributed by atoms with Gasteiger partial charge in [0.2, 0.25) is 23.6 Å². The Kier molecular flexibility index (Phi) is 14.7. The Morgan fingerprint density at radius 2 is 0.776 bits per heavy atom. The van der Waals surface area contributed by atoms with Gasteiger partial charge in [0.05, 0.1) is 28.0 Å². The fraction of sp³-hybridized carbons (Fsp3) is 0.824. The maximum atomic E-state index is 13.6. The van der Waals surface area contributed by atoms with Crippen LogP contribution in [0.25, 0.3) is 0 Å². The third kappa shape index (κ3) is 10.1. The molecule has 0 aromatic heterocycles. The summed E-state index contributed by atoms with van der Waals surface area (Å²) in [5, 5.41) is 10.6. The van der Waals surface area contributed by atoms with Gasteiger partial charge in [-0.15, -0.1) is 0 Å². The number of guanidine groups is 1. The molecule has 4 amide bonds. The molecule has 49 heavy (non-hydrogen) atoms. The van der Waals surface area contributed by atoms with Crippen LogP contribution < -0.4 is 5.32 Å². The van der Waals surface area contributed by atoms with Gasteiger partial charge in [-0.2, -0.15) is 0 Å². The minimum Gasteiger partial charge on any atom is -0.369 e. The molecule has 4 bridgehead atoms. The van der Waals surface area contributed by atoms with Crippen molar-refractivity contribution in [2.24, 2.45) is 26.7 Å². The van der Waals surface area contributed by atoms with E-state index in [0.29, 0.717) is 44.5 Å². The summed E-state index contributed by atoms with van der Waals surface area (Å²) in [4.78, 5) is 72.2. The molecule has 1 atom stereocenters. The number of amides is 4. The third-order valence-corrected chi connectivity index (χ3v) is 9.14. The van der Waals surface area contributed by atoms with Gasteiger partial charge in [0, 0.05) is 84.6 Å². The predicted molar refractivity (Wildman–Crippen MR) is 196 cm³/mol. The molecule has 15 heteroatoms. The highest BCUT2D eigenvalue weighted by molar-refractivity contribution is 5.96. The lowest BCUT2D eigenvalue weighted by Gasteiger charge is -2.68. The number of rotatable bonds is 8. The largest absolute Gasteiger partial charge is 0.369 e. The van der Waals surface area contributed by atoms with Crippen LogP contribution in [0.3, 0.4) is 0 Å². The highest BCUT2D eigenvalue weighted by atomic mass is 16.2. The summed E-state index contributed by atoms with van der Waals surface area (Å²) in [6, 6.07) is 0. The maximum absolute atomic E-state index is 13.6. The number of carbonyl (C=O) groups excluding carboxylic acids is 4. The summed E-state index contributed by atoms with van der Waals surface area (Å²) in [7, 11) is 31.0. The molecule has 0 aromatic rings. The maximum Gasteiger partial charge on any atom is 0.228 e. The lowest BCUT2D eigenvalue weighted by Crippen LogP contribution is -2.71. The Morgan fingerprint density at radius 3 is 0.939 bits per heavy atom. The summed E-state index contributed by atoms with van der Waals surface area (Å²) >= 11 is 0. The van der Waals surface area contributed by atoms with Crippen molar-refractivity contribution in [3.05, 3.63) is 0 Å². The van der Waals surface area contributed by atoms with Gasteiger partial charge in [0.25, 0.3) is 0 Å². The molecule has 4 aliphatic rings. The number of hydrogen-bond donors (Lipinski definition) is 2. The Morgan fingerprint density at radius 1 is 0.531 bits per heavy atom. The van der Waals surface area contributed by atoms with Gasteiger partial charge in [-0.1, -0.05) is 0 Å². The molecular weight excluding hydrogens is 626 g/mol. The van der Waals surface area contributed by atoms with Crippen LogP contribution in [0.5, 0.6) is 0 Å². The highest BCUT2D eigenvalue weighted by Crippen LogP contribution is 2.75. The Bertz CT molecular complexity index is 1060. The van der Waals surface area contributed by atoms with E-state index in [-0.39, 0.29) is 29.9 Å². The zero-order valence-electron chi connectivity index (χ0n) is 33.6. The standard InChI is InChI=1S/C22H36N4O4.C9H22N6.C3H9N/c1-23(2)15(27)19-9-20(16(28)24(3)4)12-21(10-19,17(29)25(5)6)14-22(11-19,13-20)18(30)26(7)8;1-13(2)7-11-9(15(5)6)12-8(10)14(3)4;1-4(2)3/h9-14H2,1-8H3;7,9H,1-6H3,(H2,10,12);1-3H3. The van der Waals surface area contributed by atoms with Gasteiger partial charge in [0.1, 0.15) is 0 Å². The van der Waals surface area contributed by atoms with E-state index < -0.39 is 21.7 Å². The molecule has 0 spiro atoms. The molecule has 282 valence electrons. The highest BCUT2D eigenvalue weighted by Gasteiger charge is 2.76. The summed E-state index contributed by atoms with van der Waals surface area (Å²) in [5.41, 5.74) is -3.55. The molecule has 0 aromatic carbocycles. The molecule has 15 nitrogen and oxygen atoms in total. The first kappa shape index (κ1) is 43.6. The number of aliphatic imine (C=N–C) groups is 1. The Hall–Kier alpha value is -3.46. The molecule has 4 fully saturated rings. The van der Waals surface area contributed by atoms with E-state index in [1.165, 1.54) is 0 Å². The van der Waals surface area contributed by atoms with Crippen LogP contribution >= 0.6 is 0 Å². The average molecular weight is 694 g/mol. The third-order valence-electron chi connectivity index (χ3n) is 9.14. The second-order valence-corrected chi connectivity index (χ2v) is 16.3. The summed E-state index contributed by atoms with van der Waals surface area (Å²) in [5.74, 6) is 0.0205. The number of hydrogen-bond acceptors (Lipinski definition) is 8. The normalized spacial score (nSPS) is 26.9. The van der Waals surface area contributed by atoms with Gasteiger partial charge >= 0.3 is 0 Å². The zero-order chi connectivity index (χ0) is 38.4. The van der Waals surface area contributed by atoms with Crippen molar-refractivity contribution in [3.63, 3.8) is 0 Å². The van der Waals surface area contributed by atoms with E-state index in [1.54, 1.807) is 87.2 Å². The molecule has 4 aliphatic carbocycles. The summed E-state index contributed by atoms with van der Waals surface area (Å²) < 4.78 is 0. The van der Waals surface area contributed by atoms with E-state index in [0.717, 1.165) is 0 Å². The van der Waals surface area contributed by atoms with Crippen LogP contribution in [0.2, 0.25) is 0 Å². The van der Waals surface area contributed by atoms with Gasteiger partial charge in [-0.25, -0.2) is 4.99 Å². The molecular formula is C34H67N11O4. The van der Waals surface area contributed by atoms with Crippen LogP contribution in [-0.2, 0) is 19.2 Å². The average Bonchev–Trinajstić information content (AvgIpc) is 2.96. The van der Waals surface area contributed by atoms with Crippen LogP contribution in [-0.4, -0.2) is 201 Å². The Balaban J connectivity index is 0.000000530. The van der Waals surface area contributed by atoms with E-state index in [1.807, 2.05) is 78.1 Å². The Labute approximate surface area is 296 Å². The molecule has 2 N–H and O–H groups in total. The molecule has 0 heterocycles. The number of nitrogens with one attached hydrogen (secondary N) is 2. The first-order valence-corrected chi connectivity index (χ1v) is 16.6. The van der Waals surface area contributed by atoms with E-state index in [4.69, 9.17) is 5.41 Å². The SMILES string of the molecule is CN(C)C.CN(C)C(=O)C12CC3(C(=O)N(C)C)CC(C(=O)N(C)C)(C1)CC(C(=O)N(C)C)(C2)C3.CN(C)C=NC(NC(=N)N(C)C)N(C)C. The van der Waals surface area contributed by atoms with Crippen molar-refractivity contribution >= 4 is 35.9 Å². The molecule has 4 rings (SSSR count). The van der Waals surface area contributed by atoms with Crippen molar-refractivity contribution in [1.82, 2.24) is 44.5 Å². The van der Waals surface area contributed by atoms with Gasteiger partial charge < -0.3 is 39.6 Å². The smallest absolute Gasteiger partial charge is 0.228 e. The second kappa shape index (κ2) is 16.5. The van der Waals surface area contributed by atoms with Gasteiger partial charge in [-0.05, 0) is 73.8 Å². The summed E-state index contributed by atoms with van der Waals surface area (Å²) in [6.07, 6.45) is 3.91. The number of carbonyl (C=O) groups is 4. The van der Waals surface area contributed by atoms with Crippen LogP contribution in [0, 0.1) is 27.1 Å². The van der Waals surface area contributed by atoms with Crippen LogP contribution in [0.15, 0.2) is 4.99 Å². The molecule has 4 saturated carbocycles. The minimum atomic E-state index is -0.888. The van der Waals surface area contributed by atoms with Crippen molar-refractivity contribution in [2.45, 2.75) is 44.8 Å². The van der Waals surface area contributed by atoms with Crippen molar-refractivity contribution in [1.29, 1.82) is 5.41 Å². The predicted octanol–water partition coefficient (Wildman–Crippen LogP) is 0.351. The van der Waals surface area contributed by atoms with Gasteiger partial charge in [0.15, 0.2) is 12.2 Å². The second-order valence-electron chi connectivity index (χ2n) is 16.3. The molecule has 1 unspecified atom stereocenters. The quantitative estimate of drug-likeness (QED) is 0.209. The van der Waals surface area contributed by atoms with Crippen LogP contribution in [0.4, 0.5) is 0 Å².